The fourth-order valence-electron chi connectivity index (χ4n) is 2.54. The van der Waals surface area contributed by atoms with Gasteiger partial charge >= 0.3 is 0 Å². The van der Waals surface area contributed by atoms with Crippen LogP contribution in [-0.4, -0.2) is 27.8 Å². The average molecular weight is 425 g/mol. The first kappa shape index (κ1) is 21.4. The smallest absolute Gasteiger partial charge is 0.250 e. The van der Waals surface area contributed by atoms with Gasteiger partial charge in [0.1, 0.15) is 18.2 Å². The van der Waals surface area contributed by atoms with Crippen LogP contribution in [0.1, 0.15) is 22.5 Å². The Morgan fingerprint density at radius 3 is 2.57 bits per heavy atom. The van der Waals surface area contributed by atoms with Crippen molar-refractivity contribution in [1.29, 1.82) is 0 Å². The van der Waals surface area contributed by atoms with Crippen LogP contribution in [0.25, 0.3) is 0 Å². The van der Waals surface area contributed by atoms with Crippen LogP contribution in [0.5, 0.6) is 5.75 Å². The van der Waals surface area contributed by atoms with Gasteiger partial charge in [-0.05, 0) is 67.4 Å². The SMILES string of the molecule is Cc1cc(C)nc(SCC(=O)N/N=C\c2ccc(OCc3cccc(F)c3)cc2)n1. The maximum absolute atomic E-state index is 13.2. The second-order valence-electron chi connectivity index (χ2n) is 6.50. The van der Waals surface area contributed by atoms with Gasteiger partial charge in [0.25, 0.3) is 5.91 Å². The zero-order valence-electron chi connectivity index (χ0n) is 16.6. The molecule has 1 heterocycles. The summed E-state index contributed by atoms with van der Waals surface area (Å²) in [6.07, 6.45) is 1.55. The van der Waals surface area contributed by atoms with Gasteiger partial charge in [-0.3, -0.25) is 4.79 Å². The Morgan fingerprint density at radius 1 is 1.13 bits per heavy atom. The zero-order chi connectivity index (χ0) is 21.3. The summed E-state index contributed by atoms with van der Waals surface area (Å²) < 4.78 is 18.8. The molecule has 0 unspecified atom stereocenters. The van der Waals surface area contributed by atoms with Crippen LogP contribution in [0, 0.1) is 19.7 Å². The van der Waals surface area contributed by atoms with E-state index in [0.29, 0.717) is 10.9 Å². The highest BCUT2D eigenvalue weighted by molar-refractivity contribution is 7.99. The van der Waals surface area contributed by atoms with Crippen LogP contribution in [0.15, 0.2) is 64.9 Å². The van der Waals surface area contributed by atoms with Crippen LogP contribution in [-0.2, 0) is 11.4 Å². The monoisotopic (exact) mass is 424 g/mol. The normalized spacial score (nSPS) is 10.9. The molecule has 0 saturated heterocycles. The molecule has 0 fully saturated rings. The molecule has 0 aliphatic rings. The van der Waals surface area contributed by atoms with Crippen molar-refractivity contribution in [3.63, 3.8) is 0 Å². The number of hydrogen-bond acceptors (Lipinski definition) is 6. The number of benzene rings is 2. The fraction of sp³-hybridized carbons (Fsp3) is 0.182. The number of hydrazone groups is 1. The molecule has 3 rings (SSSR count). The highest BCUT2D eigenvalue weighted by Crippen LogP contribution is 2.15. The van der Waals surface area contributed by atoms with Crippen molar-refractivity contribution < 1.29 is 13.9 Å². The molecular weight excluding hydrogens is 403 g/mol. The third-order valence-electron chi connectivity index (χ3n) is 3.87. The summed E-state index contributed by atoms with van der Waals surface area (Å²) in [5, 5.41) is 4.53. The highest BCUT2D eigenvalue weighted by atomic mass is 32.2. The van der Waals surface area contributed by atoms with Gasteiger partial charge in [0.2, 0.25) is 0 Å². The number of rotatable bonds is 8. The van der Waals surface area contributed by atoms with Gasteiger partial charge in [-0.2, -0.15) is 5.10 Å². The lowest BCUT2D eigenvalue weighted by molar-refractivity contribution is -0.118. The standard InChI is InChI=1S/C22H21FN4O2S/c1-15-10-16(2)26-22(25-15)30-14-21(28)27-24-12-17-6-8-20(9-7-17)29-13-18-4-3-5-19(23)11-18/h3-12H,13-14H2,1-2H3,(H,27,28)/b24-12-. The van der Waals surface area contributed by atoms with Crippen molar-refractivity contribution in [1.82, 2.24) is 15.4 Å². The number of aryl methyl sites for hydroxylation is 2. The summed E-state index contributed by atoms with van der Waals surface area (Å²) in [7, 11) is 0. The van der Waals surface area contributed by atoms with Gasteiger partial charge in [0, 0.05) is 11.4 Å². The van der Waals surface area contributed by atoms with Crippen molar-refractivity contribution in [2.75, 3.05) is 5.75 Å². The lowest BCUT2D eigenvalue weighted by atomic mass is 10.2. The van der Waals surface area contributed by atoms with Gasteiger partial charge in [-0.15, -0.1) is 0 Å². The van der Waals surface area contributed by atoms with Gasteiger partial charge in [-0.25, -0.2) is 19.8 Å². The Kier molecular flexibility index (Phi) is 7.51. The number of hydrogen-bond donors (Lipinski definition) is 1. The number of nitrogens with zero attached hydrogens (tertiary/aromatic N) is 3. The quantitative estimate of drug-likeness (QED) is 0.255. The highest BCUT2D eigenvalue weighted by Gasteiger charge is 2.05. The largest absolute Gasteiger partial charge is 0.489 e. The Hall–Kier alpha value is -3.26. The molecule has 0 saturated carbocycles. The molecule has 6 nitrogen and oxygen atoms in total. The summed E-state index contributed by atoms with van der Waals surface area (Å²) in [6.45, 7) is 4.06. The minimum Gasteiger partial charge on any atom is -0.489 e. The van der Waals surface area contributed by atoms with Gasteiger partial charge < -0.3 is 4.74 Å². The number of halogens is 1. The lowest BCUT2D eigenvalue weighted by Crippen LogP contribution is -2.19. The molecule has 0 aliphatic carbocycles. The number of aromatic nitrogens is 2. The first-order valence-corrected chi connectivity index (χ1v) is 10.2. The van der Waals surface area contributed by atoms with E-state index in [2.05, 4.69) is 20.5 Å². The van der Waals surface area contributed by atoms with Crippen LogP contribution in [0.2, 0.25) is 0 Å². The maximum atomic E-state index is 13.2. The topological polar surface area (TPSA) is 76.5 Å². The predicted octanol–water partition coefficient (Wildman–Crippen LogP) is 4.05. The summed E-state index contributed by atoms with van der Waals surface area (Å²) in [5.74, 6) is 0.302. The van der Waals surface area contributed by atoms with Gasteiger partial charge in [0.05, 0.1) is 12.0 Å². The van der Waals surface area contributed by atoms with Gasteiger partial charge in [0.15, 0.2) is 5.16 Å². The minimum atomic E-state index is -0.287. The molecule has 1 aromatic heterocycles. The third kappa shape index (κ3) is 6.97. The lowest BCUT2D eigenvalue weighted by Gasteiger charge is -2.06. The summed E-state index contributed by atoms with van der Waals surface area (Å²) in [5.41, 5.74) is 5.78. The van der Waals surface area contributed by atoms with E-state index >= 15 is 0 Å². The molecule has 0 atom stereocenters. The number of ether oxygens (including phenoxy) is 1. The molecule has 0 bridgehead atoms. The molecule has 154 valence electrons. The van der Waals surface area contributed by atoms with E-state index in [-0.39, 0.29) is 24.1 Å². The van der Waals surface area contributed by atoms with Crippen molar-refractivity contribution in [2.45, 2.75) is 25.6 Å². The second kappa shape index (κ2) is 10.5. The number of amides is 1. The van der Waals surface area contributed by atoms with E-state index in [9.17, 15) is 9.18 Å². The molecular formula is C22H21FN4O2S. The Balaban J connectivity index is 1.43. The minimum absolute atomic E-state index is 0.174. The molecule has 1 N–H and O–H groups in total. The van der Waals surface area contributed by atoms with E-state index in [1.165, 1.54) is 23.9 Å². The Bertz CT molecular complexity index is 1020. The predicted molar refractivity (Wildman–Crippen MR) is 115 cm³/mol. The van der Waals surface area contributed by atoms with Crippen molar-refractivity contribution in [2.24, 2.45) is 5.10 Å². The van der Waals surface area contributed by atoms with Crippen LogP contribution in [0.3, 0.4) is 0 Å². The number of thioether (sulfide) groups is 1. The first-order valence-electron chi connectivity index (χ1n) is 9.22. The molecule has 1 amide bonds. The van der Waals surface area contributed by atoms with Crippen molar-refractivity contribution in [3.05, 3.63) is 82.9 Å². The number of carbonyl (C=O) groups excluding carboxylic acids is 1. The summed E-state index contributed by atoms with van der Waals surface area (Å²) in [4.78, 5) is 20.5. The van der Waals surface area contributed by atoms with Crippen LogP contribution < -0.4 is 10.2 Å². The maximum Gasteiger partial charge on any atom is 0.250 e. The van der Waals surface area contributed by atoms with Gasteiger partial charge in [-0.1, -0.05) is 23.9 Å². The molecule has 30 heavy (non-hydrogen) atoms. The van der Waals surface area contributed by atoms with Crippen molar-refractivity contribution in [3.8, 4) is 5.75 Å². The Morgan fingerprint density at radius 2 is 1.87 bits per heavy atom. The van der Waals surface area contributed by atoms with Crippen LogP contribution in [0.4, 0.5) is 4.39 Å². The summed E-state index contributed by atoms with van der Waals surface area (Å²) >= 11 is 1.26. The Labute approximate surface area is 178 Å². The van der Waals surface area contributed by atoms with Crippen molar-refractivity contribution >= 4 is 23.9 Å². The summed E-state index contributed by atoms with van der Waals surface area (Å²) in [6, 6.07) is 15.4. The van der Waals surface area contributed by atoms with Crippen LogP contribution >= 0.6 is 11.8 Å². The number of carbonyl (C=O) groups is 1. The zero-order valence-corrected chi connectivity index (χ0v) is 17.4. The molecule has 0 spiro atoms. The first-order chi connectivity index (χ1) is 14.5. The molecule has 0 aliphatic heterocycles. The molecule has 8 heteroatoms. The van der Waals surface area contributed by atoms with E-state index in [0.717, 1.165) is 22.5 Å². The fourth-order valence-corrected chi connectivity index (χ4v) is 3.28. The van der Waals surface area contributed by atoms with E-state index in [4.69, 9.17) is 4.74 Å². The van der Waals surface area contributed by atoms with E-state index in [1.807, 2.05) is 32.0 Å². The van der Waals surface area contributed by atoms with E-state index < -0.39 is 0 Å². The molecule has 3 aromatic rings. The average Bonchev–Trinajstić information content (AvgIpc) is 2.71. The molecule has 0 radical (unpaired) electrons. The van der Waals surface area contributed by atoms with E-state index in [1.54, 1.807) is 30.5 Å². The second-order valence-corrected chi connectivity index (χ2v) is 7.45. The third-order valence-corrected chi connectivity index (χ3v) is 4.72. The number of nitrogens with one attached hydrogen (secondary N) is 1. The molecule has 2 aromatic carbocycles.